The third-order valence-corrected chi connectivity index (χ3v) is 8.14. The van der Waals surface area contributed by atoms with Gasteiger partial charge in [0, 0.05) is 42.5 Å². The minimum absolute atomic E-state index is 0.233. The van der Waals surface area contributed by atoms with Gasteiger partial charge in [-0.15, -0.1) is 0 Å². The number of nitrogen functional groups attached to an aromatic ring is 1. The number of halogens is 1. The highest BCUT2D eigenvalue weighted by molar-refractivity contribution is 5.98. The van der Waals surface area contributed by atoms with E-state index in [1.54, 1.807) is 0 Å². The van der Waals surface area contributed by atoms with Gasteiger partial charge in [0.1, 0.15) is 29.2 Å². The van der Waals surface area contributed by atoms with Crippen LogP contribution in [0.15, 0.2) is 47.1 Å². The first-order valence-electron chi connectivity index (χ1n) is 13.9. The Bertz CT molecular complexity index is 1690. The zero-order valence-corrected chi connectivity index (χ0v) is 22.7. The number of morpholine rings is 1. The molecule has 1 saturated carbocycles. The van der Waals surface area contributed by atoms with E-state index in [0.29, 0.717) is 23.0 Å². The summed E-state index contributed by atoms with van der Waals surface area (Å²) in [7, 11) is 1.46. The summed E-state index contributed by atoms with van der Waals surface area (Å²) in [6, 6.07) is 11.4. The van der Waals surface area contributed by atoms with Crippen molar-refractivity contribution in [3.05, 3.63) is 48.5 Å². The second-order valence-electron chi connectivity index (χ2n) is 10.5. The smallest absolute Gasteiger partial charge is 0.300 e. The Hall–Kier alpha value is -4.29. The first-order valence-corrected chi connectivity index (χ1v) is 13.9. The lowest BCUT2D eigenvalue weighted by atomic mass is 9.90. The van der Waals surface area contributed by atoms with Gasteiger partial charge in [-0.3, -0.25) is 4.90 Å². The summed E-state index contributed by atoms with van der Waals surface area (Å²) in [5.74, 6) is 0.250. The average Bonchev–Trinajstić information content (AvgIpc) is 3.60. The molecule has 2 fully saturated rings. The molecule has 0 amide bonds. The van der Waals surface area contributed by atoms with Crippen molar-refractivity contribution in [1.82, 2.24) is 29.6 Å². The van der Waals surface area contributed by atoms with Crippen molar-refractivity contribution in [3.8, 4) is 17.0 Å². The summed E-state index contributed by atoms with van der Waals surface area (Å²) >= 11 is 0. The molecule has 0 spiro atoms. The summed E-state index contributed by atoms with van der Waals surface area (Å²) in [5, 5.41) is 8.95. The van der Waals surface area contributed by atoms with Crippen LogP contribution in [0, 0.1) is 5.82 Å². The molecule has 0 unspecified atom stereocenters. The molecule has 41 heavy (non-hydrogen) atoms. The molecule has 1 saturated heterocycles. The molecule has 4 heterocycles. The number of methoxy groups -OCH3 is 1. The van der Waals surface area contributed by atoms with E-state index in [2.05, 4.69) is 29.9 Å². The summed E-state index contributed by atoms with van der Waals surface area (Å²) in [6.45, 7) is 3.66. The van der Waals surface area contributed by atoms with Gasteiger partial charge in [0.05, 0.1) is 31.8 Å². The van der Waals surface area contributed by atoms with Crippen LogP contribution >= 0.6 is 0 Å². The highest BCUT2D eigenvalue weighted by Crippen LogP contribution is 2.37. The van der Waals surface area contributed by atoms with Crippen molar-refractivity contribution in [2.75, 3.05) is 44.5 Å². The molecule has 212 valence electrons. The van der Waals surface area contributed by atoms with E-state index < -0.39 is 5.82 Å². The molecule has 3 aromatic heterocycles. The minimum atomic E-state index is -0.446. The number of ether oxygens (including phenoxy) is 2. The molecule has 2 aromatic carbocycles. The van der Waals surface area contributed by atoms with Crippen LogP contribution in [0.25, 0.3) is 33.4 Å². The first kappa shape index (κ1) is 25.7. The van der Waals surface area contributed by atoms with E-state index in [9.17, 15) is 4.39 Å². The SMILES string of the molecule is COc1cc(F)cc2nc(Nc3ccc(-c4nn(C5CCC(N6CCOCC6)CC5)c5ncnc(N)c45)cc3)oc12. The van der Waals surface area contributed by atoms with Gasteiger partial charge in [-0.1, -0.05) is 12.1 Å². The second-order valence-corrected chi connectivity index (χ2v) is 10.5. The lowest BCUT2D eigenvalue weighted by molar-refractivity contribution is 0.00520. The maximum atomic E-state index is 13.9. The first-order chi connectivity index (χ1) is 20.1. The van der Waals surface area contributed by atoms with Crippen LogP contribution < -0.4 is 15.8 Å². The number of nitrogens with zero attached hydrogens (tertiary/aromatic N) is 6. The van der Waals surface area contributed by atoms with Crippen molar-refractivity contribution >= 4 is 39.7 Å². The van der Waals surface area contributed by atoms with Gasteiger partial charge in [-0.05, 0) is 37.8 Å². The number of oxazole rings is 1. The number of hydrogen-bond donors (Lipinski definition) is 2. The van der Waals surface area contributed by atoms with Crippen LogP contribution in [0.1, 0.15) is 31.7 Å². The third-order valence-electron chi connectivity index (χ3n) is 8.14. The average molecular weight is 559 g/mol. The van der Waals surface area contributed by atoms with Crippen molar-refractivity contribution in [3.63, 3.8) is 0 Å². The zero-order valence-electron chi connectivity index (χ0n) is 22.7. The van der Waals surface area contributed by atoms with E-state index in [4.69, 9.17) is 24.7 Å². The fourth-order valence-electron chi connectivity index (χ4n) is 6.07. The predicted octanol–water partition coefficient (Wildman–Crippen LogP) is 4.92. The molecule has 2 aliphatic rings. The summed E-state index contributed by atoms with van der Waals surface area (Å²) in [5.41, 5.74) is 10.3. The number of nitrogens with one attached hydrogen (secondary N) is 1. The highest BCUT2D eigenvalue weighted by Gasteiger charge is 2.30. The molecule has 3 N–H and O–H groups in total. The quantitative estimate of drug-likeness (QED) is 0.296. The van der Waals surface area contributed by atoms with Gasteiger partial charge in [0.15, 0.2) is 17.0 Å². The summed E-state index contributed by atoms with van der Waals surface area (Å²) in [6.07, 6.45) is 5.81. The zero-order chi connectivity index (χ0) is 27.9. The monoisotopic (exact) mass is 558 g/mol. The number of benzene rings is 2. The molecule has 1 aliphatic heterocycles. The van der Waals surface area contributed by atoms with Crippen LogP contribution in [0.3, 0.4) is 0 Å². The Labute approximate surface area is 235 Å². The standard InChI is InChI=1S/C29H31FN8O3/c1-39-23-15-18(30)14-22-26(23)41-29(35-22)34-19-4-2-17(3-5-19)25-24-27(31)32-16-33-28(24)38(36-25)21-8-6-20(7-9-21)37-10-12-40-13-11-37/h2-5,14-16,20-21H,6-13H2,1H3,(H,34,35)(H2,31,32,33). The molecular weight excluding hydrogens is 527 g/mol. The van der Waals surface area contributed by atoms with Crippen molar-refractivity contribution in [1.29, 1.82) is 0 Å². The lowest BCUT2D eigenvalue weighted by Gasteiger charge is -2.38. The van der Waals surface area contributed by atoms with Gasteiger partial charge >= 0.3 is 0 Å². The number of rotatable bonds is 6. The van der Waals surface area contributed by atoms with Gasteiger partial charge in [0.25, 0.3) is 6.01 Å². The maximum absolute atomic E-state index is 13.9. The molecule has 12 heteroatoms. The lowest BCUT2D eigenvalue weighted by Crippen LogP contribution is -2.45. The van der Waals surface area contributed by atoms with Gasteiger partial charge < -0.3 is 24.9 Å². The minimum Gasteiger partial charge on any atom is -0.493 e. The molecular formula is C29H31FN8O3. The van der Waals surface area contributed by atoms with E-state index in [1.165, 1.54) is 25.6 Å². The highest BCUT2D eigenvalue weighted by atomic mass is 19.1. The van der Waals surface area contributed by atoms with Crippen LogP contribution in [0.4, 0.5) is 21.9 Å². The topological polar surface area (TPSA) is 129 Å². The third kappa shape index (κ3) is 4.82. The molecule has 0 radical (unpaired) electrons. The van der Waals surface area contributed by atoms with Crippen molar-refractivity contribution < 1.29 is 18.3 Å². The Morgan fingerprint density at radius 2 is 1.78 bits per heavy atom. The number of anilines is 3. The second kappa shape index (κ2) is 10.6. The maximum Gasteiger partial charge on any atom is 0.300 e. The van der Waals surface area contributed by atoms with Crippen molar-refractivity contribution in [2.45, 2.75) is 37.8 Å². The van der Waals surface area contributed by atoms with Crippen LogP contribution in [0.2, 0.25) is 0 Å². The Morgan fingerprint density at radius 3 is 2.54 bits per heavy atom. The number of fused-ring (bicyclic) bond motifs is 2. The van der Waals surface area contributed by atoms with Gasteiger partial charge in [-0.25, -0.2) is 19.0 Å². The molecule has 0 bridgehead atoms. The van der Waals surface area contributed by atoms with Crippen LogP contribution in [0.5, 0.6) is 5.75 Å². The largest absolute Gasteiger partial charge is 0.493 e. The Balaban J connectivity index is 1.13. The van der Waals surface area contributed by atoms with E-state index in [0.717, 1.165) is 80.0 Å². The van der Waals surface area contributed by atoms with Gasteiger partial charge in [0.2, 0.25) is 0 Å². The van der Waals surface area contributed by atoms with Gasteiger partial charge in [-0.2, -0.15) is 10.1 Å². The molecule has 0 atom stereocenters. The van der Waals surface area contributed by atoms with Crippen LogP contribution in [-0.4, -0.2) is 69.1 Å². The Morgan fingerprint density at radius 1 is 1.02 bits per heavy atom. The van der Waals surface area contributed by atoms with E-state index >= 15 is 0 Å². The van der Waals surface area contributed by atoms with E-state index in [-0.39, 0.29) is 17.8 Å². The molecule has 1 aliphatic carbocycles. The normalized spacial score (nSPS) is 20.0. The fraction of sp³-hybridized carbons (Fsp3) is 0.379. The van der Waals surface area contributed by atoms with Crippen molar-refractivity contribution in [2.24, 2.45) is 0 Å². The summed E-state index contributed by atoms with van der Waals surface area (Å²) in [4.78, 5) is 15.8. The summed E-state index contributed by atoms with van der Waals surface area (Å²) < 4.78 is 32.5. The predicted molar refractivity (Wildman–Crippen MR) is 153 cm³/mol. The molecule has 5 aromatic rings. The van der Waals surface area contributed by atoms with Crippen LogP contribution in [-0.2, 0) is 4.74 Å². The molecule has 11 nitrogen and oxygen atoms in total. The molecule has 7 rings (SSSR count). The Kier molecular flexibility index (Phi) is 6.63. The number of nitrogens with two attached hydrogens (primary N) is 1. The number of hydrogen-bond acceptors (Lipinski definition) is 10. The fourth-order valence-corrected chi connectivity index (χ4v) is 6.07. The van der Waals surface area contributed by atoms with E-state index in [1.807, 2.05) is 24.3 Å². The number of aromatic nitrogens is 5.